The van der Waals surface area contributed by atoms with Crippen LogP contribution in [0.3, 0.4) is 0 Å². The fraction of sp³-hybridized carbons (Fsp3) is 0.538. The number of aliphatic hydroxyl groups is 1. The molecule has 0 aromatic heterocycles. The van der Waals surface area contributed by atoms with Crippen molar-refractivity contribution in [1.29, 1.82) is 0 Å². The second-order valence-electron chi connectivity index (χ2n) is 4.55. The molecule has 1 aromatic rings. The van der Waals surface area contributed by atoms with Gasteiger partial charge in [0.1, 0.15) is 0 Å². The molecule has 2 unspecified atom stereocenters. The lowest BCUT2D eigenvalue weighted by atomic mass is 9.75. The van der Waals surface area contributed by atoms with Crippen molar-refractivity contribution in [2.24, 2.45) is 11.7 Å². The third kappa shape index (κ3) is 2.31. The highest BCUT2D eigenvalue weighted by molar-refractivity contribution is 9.10. The third-order valence-electron chi connectivity index (χ3n) is 3.60. The second-order valence-corrected chi connectivity index (χ2v) is 5.40. The van der Waals surface area contributed by atoms with Crippen LogP contribution in [0.1, 0.15) is 30.7 Å². The Morgan fingerprint density at radius 1 is 1.38 bits per heavy atom. The predicted molar refractivity (Wildman–Crippen MR) is 69.3 cm³/mol. The van der Waals surface area contributed by atoms with Crippen LogP contribution in [0.2, 0.25) is 0 Å². The molecular formula is C13H18BrNO. The molecule has 2 nitrogen and oxygen atoms in total. The SMILES string of the molecule is NCC(c1ccccc1Br)C(O)C1CCC1. The van der Waals surface area contributed by atoms with Gasteiger partial charge >= 0.3 is 0 Å². The van der Waals surface area contributed by atoms with E-state index in [1.165, 1.54) is 6.42 Å². The molecule has 16 heavy (non-hydrogen) atoms. The number of nitrogens with two attached hydrogens (primary N) is 1. The normalized spacial score (nSPS) is 20.2. The summed E-state index contributed by atoms with van der Waals surface area (Å²) in [6, 6.07) is 8.03. The minimum Gasteiger partial charge on any atom is -0.392 e. The van der Waals surface area contributed by atoms with Gasteiger partial charge in [0, 0.05) is 16.9 Å². The van der Waals surface area contributed by atoms with Gasteiger partial charge in [-0.05, 0) is 30.4 Å². The minimum atomic E-state index is -0.294. The van der Waals surface area contributed by atoms with E-state index in [0.29, 0.717) is 12.5 Å². The lowest BCUT2D eigenvalue weighted by molar-refractivity contribution is 0.0418. The molecule has 0 heterocycles. The smallest absolute Gasteiger partial charge is 0.0649 e. The van der Waals surface area contributed by atoms with Crippen LogP contribution in [0, 0.1) is 5.92 Å². The lowest BCUT2D eigenvalue weighted by Crippen LogP contribution is -2.35. The van der Waals surface area contributed by atoms with Crippen molar-refractivity contribution in [1.82, 2.24) is 0 Å². The first kappa shape index (κ1) is 12.1. The molecule has 0 aliphatic heterocycles. The number of halogens is 1. The third-order valence-corrected chi connectivity index (χ3v) is 4.33. The van der Waals surface area contributed by atoms with Gasteiger partial charge in [0.15, 0.2) is 0 Å². The zero-order valence-corrected chi connectivity index (χ0v) is 10.9. The molecule has 0 amide bonds. The number of hydrogen-bond donors (Lipinski definition) is 2. The number of benzene rings is 1. The van der Waals surface area contributed by atoms with Crippen LogP contribution in [-0.4, -0.2) is 17.8 Å². The Labute approximate surface area is 105 Å². The van der Waals surface area contributed by atoms with Gasteiger partial charge in [0.05, 0.1) is 6.10 Å². The number of hydrogen-bond acceptors (Lipinski definition) is 2. The summed E-state index contributed by atoms with van der Waals surface area (Å²) < 4.78 is 1.05. The molecule has 0 saturated heterocycles. The molecule has 3 heteroatoms. The molecule has 3 N–H and O–H groups in total. The molecule has 88 valence electrons. The predicted octanol–water partition coefficient (Wildman–Crippen LogP) is 2.65. The molecule has 0 spiro atoms. The fourth-order valence-corrected chi connectivity index (χ4v) is 2.91. The van der Waals surface area contributed by atoms with Crippen molar-refractivity contribution in [3.63, 3.8) is 0 Å². The number of rotatable bonds is 4. The maximum atomic E-state index is 10.3. The van der Waals surface area contributed by atoms with Crippen LogP contribution in [0.15, 0.2) is 28.7 Å². The van der Waals surface area contributed by atoms with Crippen molar-refractivity contribution >= 4 is 15.9 Å². The summed E-state index contributed by atoms with van der Waals surface area (Å²) in [5, 5.41) is 10.3. The summed E-state index contributed by atoms with van der Waals surface area (Å²) >= 11 is 3.53. The average Bonchev–Trinajstić information content (AvgIpc) is 2.19. The summed E-state index contributed by atoms with van der Waals surface area (Å²) in [4.78, 5) is 0. The van der Waals surface area contributed by atoms with Gasteiger partial charge in [-0.1, -0.05) is 40.5 Å². The second kappa shape index (κ2) is 5.30. The van der Waals surface area contributed by atoms with E-state index in [0.717, 1.165) is 22.9 Å². The Morgan fingerprint density at radius 3 is 2.56 bits per heavy atom. The standard InChI is InChI=1S/C13H18BrNO/c14-12-7-2-1-6-10(12)11(8-15)13(16)9-4-3-5-9/h1-2,6-7,9,11,13,16H,3-5,8,15H2. The van der Waals surface area contributed by atoms with Crippen molar-refractivity contribution < 1.29 is 5.11 Å². The molecule has 0 bridgehead atoms. The van der Waals surface area contributed by atoms with Gasteiger partial charge < -0.3 is 10.8 Å². The van der Waals surface area contributed by atoms with Crippen molar-refractivity contribution in [3.05, 3.63) is 34.3 Å². The molecular weight excluding hydrogens is 266 g/mol. The zero-order chi connectivity index (χ0) is 11.5. The van der Waals surface area contributed by atoms with Crippen LogP contribution in [-0.2, 0) is 0 Å². The molecule has 2 atom stereocenters. The van der Waals surface area contributed by atoms with E-state index in [4.69, 9.17) is 5.73 Å². The molecule has 1 aromatic carbocycles. The van der Waals surface area contributed by atoms with E-state index in [2.05, 4.69) is 15.9 Å². The van der Waals surface area contributed by atoms with Crippen LogP contribution >= 0.6 is 15.9 Å². The summed E-state index contributed by atoms with van der Waals surface area (Å²) in [5.74, 6) is 0.501. The Kier molecular flexibility index (Phi) is 4.00. The van der Waals surface area contributed by atoms with Crippen LogP contribution in [0.25, 0.3) is 0 Å². The van der Waals surface area contributed by atoms with E-state index < -0.39 is 0 Å². The van der Waals surface area contributed by atoms with Crippen molar-refractivity contribution in [2.75, 3.05) is 6.54 Å². The fourth-order valence-electron chi connectivity index (χ4n) is 2.34. The van der Waals surface area contributed by atoms with Crippen LogP contribution in [0.5, 0.6) is 0 Å². The van der Waals surface area contributed by atoms with Gasteiger partial charge in [-0.2, -0.15) is 0 Å². The molecule has 0 radical (unpaired) electrons. The van der Waals surface area contributed by atoms with Crippen molar-refractivity contribution in [2.45, 2.75) is 31.3 Å². The quantitative estimate of drug-likeness (QED) is 0.893. The Bertz CT molecular complexity index is 352. The van der Waals surface area contributed by atoms with Gasteiger partial charge in [-0.25, -0.2) is 0 Å². The zero-order valence-electron chi connectivity index (χ0n) is 9.27. The van der Waals surface area contributed by atoms with Gasteiger partial charge in [0.2, 0.25) is 0 Å². The largest absolute Gasteiger partial charge is 0.392 e. The Balaban J connectivity index is 2.18. The van der Waals surface area contributed by atoms with Crippen LogP contribution < -0.4 is 5.73 Å². The monoisotopic (exact) mass is 283 g/mol. The van der Waals surface area contributed by atoms with E-state index in [1.807, 2.05) is 24.3 Å². The number of aliphatic hydroxyl groups excluding tert-OH is 1. The first-order valence-corrected chi connectivity index (χ1v) is 6.66. The maximum absolute atomic E-state index is 10.3. The minimum absolute atomic E-state index is 0.0564. The highest BCUT2D eigenvalue weighted by Crippen LogP contribution is 2.37. The summed E-state index contributed by atoms with van der Waals surface area (Å²) in [5.41, 5.74) is 6.94. The maximum Gasteiger partial charge on any atom is 0.0649 e. The lowest BCUT2D eigenvalue weighted by Gasteiger charge is -2.35. The molecule has 1 aliphatic rings. The molecule has 2 rings (SSSR count). The Hall–Kier alpha value is -0.380. The highest BCUT2D eigenvalue weighted by atomic mass is 79.9. The first-order chi connectivity index (χ1) is 7.74. The topological polar surface area (TPSA) is 46.2 Å². The van der Waals surface area contributed by atoms with Crippen molar-refractivity contribution in [3.8, 4) is 0 Å². The van der Waals surface area contributed by atoms with E-state index in [-0.39, 0.29) is 12.0 Å². The summed E-state index contributed by atoms with van der Waals surface area (Å²) in [6.45, 7) is 0.500. The molecule has 1 saturated carbocycles. The van der Waals surface area contributed by atoms with Gasteiger partial charge in [0.25, 0.3) is 0 Å². The molecule has 1 fully saturated rings. The van der Waals surface area contributed by atoms with Crippen LogP contribution in [0.4, 0.5) is 0 Å². The van der Waals surface area contributed by atoms with Gasteiger partial charge in [-0.15, -0.1) is 0 Å². The Morgan fingerprint density at radius 2 is 2.06 bits per heavy atom. The average molecular weight is 284 g/mol. The van der Waals surface area contributed by atoms with E-state index in [9.17, 15) is 5.11 Å². The first-order valence-electron chi connectivity index (χ1n) is 5.86. The summed E-state index contributed by atoms with van der Waals surface area (Å²) in [6.07, 6.45) is 3.23. The summed E-state index contributed by atoms with van der Waals surface area (Å²) in [7, 11) is 0. The highest BCUT2D eigenvalue weighted by Gasteiger charge is 2.32. The molecule has 1 aliphatic carbocycles. The van der Waals surface area contributed by atoms with E-state index >= 15 is 0 Å². The van der Waals surface area contributed by atoms with Gasteiger partial charge in [-0.3, -0.25) is 0 Å². The van der Waals surface area contributed by atoms with E-state index in [1.54, 1.807) is 0 Å².